The number of amides is 1. The van der Waals surface area contributed by atoms with Gasteiger partial charge < -0.3 is 15.0 Å². The van der Waals surface area contributed by atoms with E-state index < -0.39 is 0 Å². The molecule has 1 N–H and O–H groups in total. The quantitative estimate of drug-likeness (QED) is 0.346. The molecule has 5 heteroatoms. The van der Waals surface area contributed by atoms with Crippen molar-refractivity contribution in [2.75, 3.05) is 19.6 Å². The number of hydrogen-bond acceptors (Lipinski definition) is 4. The van der Waals surface area contributed by atoms with Gasteiger partial charge in [-0.3, -0.25) is 4.79 Å². The van der Waals surface area contributed by atoms with Crippen molar-refractivity contribution in [3.8, 4) is 6.07 Å². The molecule has 0 aromatic carbocycles. The van der Waals surface area contributed by atoms with Gasteiger partial charge >= 0.3 is 0 Å². The van der Waals surface area contributed by atoms with Crippen molar-refractivity contribution in [2.24, 2.45) is 0 Å². The number of nitrogens with zero attached hydrogens (tertiary/aromatic N) is 2. The summed E-state index contributed by atoms with van der Waals surface area (Å²) in [6, 6.07) is 1.92. The standard InChI is InChI=1S/C13H19N3O2/c1-4-5-15-7-12(6-14)13(17)16-8-10(2)18-11(3)9-16/h4,7,10-11,15H,1,5,8-9H2,2-3H3/b12-7-. The second kappa shape index (κ2) is 6.82. The van der Waals surface area contributed by atoms with Crippen LogP contribution < -0.4 is 5.32 Å². The van der Waals surface area contributed by atoms with Gasteiger partial charge in [0.05, 0.1) is 12.2 Å². The number of hydrogen-bond donors (Lipinski definition) is 1. The molecule has 0 spiro atoms. The second-order valence-corrected chi connectivity index (χ2v) is 4.33. The van der Waals surface area contributed by atoms with Crippen LogP contribution in [0.2, 0.25) is 0 Å². The van der Waals surface area contributed by atoms with Crippen LogP contribution in [0.15, 0.2) is 24.4 Å². The lowest BCUT2D eigenvalue weighted by Gasteiger charge is -2.35. The molecule has 2 atom stereocenters. The van der Waals surface area contributed by atoms with Crippen molar-refractivity contribution in [2.45, 2.75) is 26.1 Å². The normalized spacial score (nSPS) is 24.3. The second-order valence-electron chi connectivity index (χ2n) is 4.33. The molecule has 1 rings (SSSR count). The minimum atomic E-state index is -0.254. The highest BCUT2D eigenvalue weighted by atomic mass is 16.5. The van der Waals surface area contributed by atoms with E-state index in [4.69, 9.17) is 10.00 Å². The van der Waals surface area contributed by atoms with Gasteiger partial charge in [-0.05, 0) is 13.8 Å². The van der Waals surface area contributed by atoms with Gasteiger partial charge in [-0.15, -0.1) is 6.58 Å². The van der Waals surface area contributed by atoms with E-state index in [0.717, 1.165) is 0 Å². The smallest absolute Gasteiger partial charge is 0.266 e. The maximum atomic E-state index is 12.1. The first kappa shape index (κ1) is 14.3. The molecular formula is C13H19N3O2. The van der Waals surface area contributed by atoms with Crippen molar-refractivity contribution in [3.63, 3.8) is 0 Å². The number of rotatable bonds is 4. The molecule has 98 valence electrons. The van der Waals surface area contributed by atoms with Crippen molar-refractivity contribution in [1.29, 1.82) is 5.26 Å². The molecule has 0 radical (unpaired) electrons. The lowest BCUT2D eigenvalue weighted by atomic mass is 10.2. The molecule has 1 heterocycles. The third kappa shape index (κ3) is 3.90. The predicted octanol–water partition coefficient (Wildman–Crippen LogP) is 0.805. The first-order chi connectivity index (χ1) is 8.58. The fourth-order valence-electron chi connectivity index (χ4n) is 1.90. The Morgan fingerprint density at radius 1 is 1.56 bits per heavy atom. The zero-order valence-corrected chi connectivity index (χ0v) is 10.8. The van der Waals surface area contributed by atoms with E-state index in [0.29, 0.717) is 19.6 Å². The Labute approximate surface area is 108 Å². The van der Waals surface area contributed by atoms with Crippen molar-refractivity contribution in [3.05, 3.63) is 24.4 Å². The monoisotopic (exact) mass is 249 g/mol. The number of nitriles is 1. The third-order valence-electron chi connectivity index (χ3n) is 2.57. The molecule has 1 saturated heterocycles. The molecule has 0 saturated carbocycles. The van der Waals surface area contributed by atoms with Gasteiger partial charge in [-0.25, -0.2) is 0 Å². The highest BCUT2D eigenvalue weighted by Gasteiger charge is 2.27. The van der Waals surface area contributed by atoms with Crippen LogP contribution in [0.5, 0.6) is 0 Å². The molecule has 0 bridgehead atoms. The van der Waals surface area contributed by atoms with Gasteiger partial charge in [0.25, 0.3) is 5.91 Å². The van der Waals surface area contributed by atoms with Gasteiger partial charge in [0.15, 0.2) is 0 Å². The van der Waals surface area contributed by atoms with E-state index in [2.05, 4.69) is 11.9 Å². The zero-order chi connectivity index (χ0) is 13.5. The maximum Gasteiger partial charge on any atom is 0.266 e. The highest BCUT2D eigenvalue weighted by molar-refractivity contribution is 5.97. The van der Waals surface area contributed by atoms with Crippen molar-refractivity contribution < 1.29 is 9.53 Å². The minimum Gasteiger partial charge on any atom is -0.386 e. The number of carbonyl (C=O) groups is 1. The molecule has 0 aromatic heterocycles. The largest absolute Gasteiger partial charge is 0.386 e. The van der Waals surface area contributed by atoms with Crippen LogP contribution in [0, 0.1) is 11.3 Å². The molecule has 1 aliphatic heterocycles. The Hall–Kier alpha value is -1.80. The van der Waals surface area contributed by atoms with Gasteiger partial charge in [0, 0.05) is 25.8 Å². The van der Waals surface area contributed by atoms with E-state index in [1.165, 1.54) is 6.20 Å². The average molecular weight is 249 g/mol. The summed E-state index contributed by atoms with van der Waals surface area (Å²) in [6.45, 7) is 8.95. The Bertz CT molecular complexity index is 374. The molecule has 0 aromatic rings. The van der Waals surface area contributed by atoms with Crippen LogP contribution in [0.3, 0.4) is 0 Å². The summed E-state index contributed by atoms with van der Waals surface area (Å²) < 4.78 is 5.55. The molecule has 2 unspecified atom stereocenters. The predicted molar refractivity (Wildman–Crippen MR) is 68.5 cm³/mol. The first-order valence-electron chi connectivity index (χ1n) is 5.97. The van der Waals surface area contributed by atoms with E-state index in [1.807, 2.05) is 19.9 Å². The summed E-state index contributed by atoms with van der Waals surface area (Å²) in [5.74, 6) is -0.254. The summed E-state index contributed by atoms with van der Waals surface area (Å²) in [4.78, 5) is 13.8. The fraction of sp³-hybridized carbons (Fsp3) is 0.538. The Morgan fingerprint density at radius 2 is 2.17 bits per heavy atom. The van der Waals surface area contributed by atoms with Crippen LogP contribution in [0.4, 0.5) is 0 Å². The lowest BCUT2D eigenvalue weighted by molar-refractivity contribution is -0.138. The summed E-state index contributed by atoms with van der Waals surface area (Å²) in [5, 5.41) is 11.8. The number of carbonyl (C=O) groups excluding carboxylic acids is 1. The Kier molecular flexibility index (Phi) is 5.40. The van der Waals surface area contributed by atoms with Gasteiger partial charge in [0.2, 0.25) is 0 Å². The molecule has 1 aliphatic rings. The fourth-order valence-corrected chi connectivity index (χ4v) is 1.90. The minimum absolute atomic E-state index is 0.00113. The van der Waals surface area contributed by atoms with Crippen LogP contribution >= 0.6 is 0 Å². The lowest BCUT2D eigenvalue weighted by Crippen LogP contribution is -2.48. The highest BCUT2D eigenvalue weighted by Crippen LogP contribution is 2.13. The van der Waals surface area contributed by atoms with Crippen molar-refractivity contribution >= 4 is 5.91 Å². The van der Waals surface area contributed by atoms with Gasteiger partial charge in [-0.1, -0.05) is 6.08 Å². The molecule has 5 nitrogen and oxygen atoms in total. The average Bonchev–Trinajstić information content (AvgIpc) is 2.33. The zero-order valence-electron chi connectivity index (χ0n) is 10.8. The summed E-state index contributed by atoms with van der Waals surface area (Å²) in [6.07, 6.45) is 3.10. The van der Waals surface area contributed by atoms with Gasteiger partial charge in [-0.2, -0.15) is 5.26 Å². The van der Waals surface area contributed by atoms with E-state index in [1.54, 1.807) is 11.0 Å². The Balaban J connectivity index is 2.69. The summed E-state index contributed by atoms with van der Waals surface area (Å²) in [5.41, 5.74) is 0.109. The maximum absolute atomic E-state index is 12.1. The summed E-state index contributed by atoms with van der Waals surface area (Å²) >= 11 is 0. The van der Waals surface area contributed by atoms with Gasteiger partial charge in [0.1, 0.15) is 11.6 Å². The molecule has 18 heavy (non-hydrogen) atoms. The number of morpholine rings is 1. The summed E-state index contributed by atoms with van der Waals surface area (Å²) in [7, 11) is 0. The van der Waals surface area contributed by atoms with Crippen LogP contribution in [-0.4, -0.2) is 42.6 Å². The van der Waals surface area contributed by atoms with E-state index in [-0.39, 0.29) is 23.7 Å². The third-order valence-corrected chi connectivity index (χ3v) is 2.57. The SMILES string of the molecule is C=CCN/C=C(/C#N)C(=O)N1CC(C)OC(C)C1. The molecule has 1 amide bonds. The van der Waals surface area contributed by atoms with Crippen molar-refractivity contribution in [1.82, 2.24) is 10.2 Å². The van der Waals surface area contributed by atoms with Crippen LogP contribution in [0.25, 0.3) is 0 Å². The Morgan fingerprint density at radius 3 is 2.67 bits per heavy atom. The first-order valence-corrected chi connectivity index (χ1v) is 5.97. The molecular weight excluding hydrogens is 230 g/mol. The topological polar surface area (TPSA) is 65.4 Å². The molecule has 1 fully saturated rings. The number of ether oxygens (including phenoxy) is 1. The van der Waals surface area contributed by atoms with Crippen LogP contribution in [-0.2, 0) is 9.53 Å². The van der Waals surface area contributed by atoms with E-state index in [9.17, 15) is 4.79 Å². The van der Waals surface area contributed by atoms with E-state index >= 15 is 0 Å². The van der Waals surface area contributed by atoms with Crippen LogP contribution in [0.1, 0.15) is 13.8 Å². The molecule has 0 aliphatic carbocycles. The number of nitrogens with one attached hydrogen (secondary N) is 1.